The summed E-state index contributed by atoms with van der Waals surface area (Å²) in [6, 6.07) is 11.9. The number of carbonyl (C=O) groups is 1. The molecule has 0 spiro atoms. The van der Waals surface area contributed by atoms with Crippen LogP contribution in [-0.4, -0.2) is 12.0 Å². The third-order valence-electron chi connectivity index (χ3n) is 2.77. The van der Waals surface area contributed by atoms with Crippen LogP contribution in [0.1, 0.15) is 15.9 Å². The molecule has 0 radical (unpaired) electrons. The predicted octanol–water partition coefficient (Wildman–Crippen LogP) is 4.74. The van der Waals surface area contributed by atoms with Crippen molar-refractivity contribution in [2.24, 2.45) is 0 Å². The Kier molecular flexibility index (Phi) is 4.77. The molecule has 0 aromatic heterocycles. The zero-order valence-electron chi connectivity index (χ0n) is 10.3. The van der Waals surface area contributed by atoms with E-state index in [0.29, 0.717) is 11.1 Å². The van der Waals surface area contributed by atoms with Gasteiger partial charge < -0.3 is 0 Å². The third kappa shape index (κ3) is 3.45. The van der Waals surface area contributed by atoms with Gasteiger partial charge >= 0.3 is 0 Å². The van der Waals surface area contributed by atoms with E-state index in [1.807, 2.05) is 24.5 Å². The number of hydrogen-bond acceptors (Lipinski definition) is 2. The van der Waals surface area contributed by atoms with E-state index in [9.17, 15) is 9.18 Å². The van der Waals surface area contributed by atoms with Gasteiger partial charge in [-0.05, 0) is 36.1 Å². The normalized spacial score (nSPS) is 10.5. The van der Waals surface area contributed by atoms with Crippen LogP contribution in [0.5, 0.6) is 0 Å². The molecule has 4 heteroatoms. The van der Waals surface area contributed by atoms with Crippen molar-refractivity contribution < 1.29 is 9.18 Å². The van der Waals surface area contributed by atoms with Crippen LogP contribution in [-0.2, 0) is 6.42 Å². The monoisotopic (exact) mass is 338 g/mol. The number of halogens is 2. The second kappa shape index (κ2) is 6.35. The summed E-state index contributed by atoms with van der Waals surface area (Å²) in [7, 11) is 0. The molecule has 0 saturated heterocycles. The Morgan fingerprint density at radius 1 is 1.26 bits per heavy atom. The highest BCUT2D eigenvalue weighted by Gasteiger charge is 2.13. The number of carbonyl (C=O) groups excluding carboxylic acids is 1. The van der Waals surface area contributed by atoms with Crippen molar-refractivity contribution in [2.45, 2.75) is 11.3 Å². The predicted molar refractivity (Wildman–Crippen MR) is 80.4 cm³/mol. The van der Waals surface area contributed by atoms with E-state index in [4.69, 9.17) is 0 Å². The fourth-order valence-corrected chi connectivity index (χ4v) is 2.83. The molecule has 0 amide bonds. The second-order valence-electron chi connectivity index (χ2n) is 4.04. The maximum Gasteiger partial charge on any atom is 0.168 e. The average molecular weight is 339 g/mol. The Bertz CT molecular complexity index is 613. The van der Waals surface area contributed by atoms with Gasteiger partial charge in [0.05, 0.1) is 0 Å². The van der Waals surface area contributed by atoms with Gasteiger partial charge in [-0.25, -0.2) is 4.39 Å². The lowest BCUT2D eigenvalue weighted by molar-refractivity contribution is 0.0990. The maximum atomic E-state index is 13.2. The first-order chi connectivity index (χ1) is 9.11. The Morgan fingerprint density at radius 3 is 2.74 bits per heavy atom. The smallest absolute Gasteiger partial charge is 0.168 e. The Balaban J connectivity index is 2.28. The van der Waals surface area contributed by atoms with E-state index >= 15 is 0 Å². The molecule has 1 nitrogen and oxygen atoms in total. The molecule has 0 aliphatic rings. The summed E-state index contributed by atoms with van der Waals surface area (Å²) < 4.78 is 14.0. The van der Waals surface area contributed by atoms with E-state index in [1.165, 1.54) is 23.9 Å². The number of benzene rings is 2. The van der Waals surface area contributed by atoms with Gasteiger partial charge in [0.2, 0.25) is 0 Å². The molecular weight excluding hydrogens is 327 g/mol. The summed E-state index contributed by atoms with van der Waals surface area (Å²) >= 11 is 4.88. The molecule has 0 N–H and O–H groups in total. The number of hydrogen-bond donors (Lipinski definition) is 0. The van der Waals surface area contributed by atoms with Gasteiger partial charge in [-0.3, -0.25) is 4.79 Å². The second-order valence-corrected chi connectivity index (χ2v) is 5.74. The lowest BCUT2D eigenvalue weighted by Crippen LogP contribution is -2.05. The molecule has 0 aliphatic carbocycles. The van der Waals surface area contributed by atoms with Crippen LogP contribution in [0.4, 0.5) is 4.39 Å². The van der Waals surface area contributed by atoms with Gasteiger partial charge in [-0.2, -0.15) is 0 Å². The first-order valence-electron chi connectivity index (χ1n) is 5.72. The summed E-state index contributed by atoms with van der Waals surface area (Å²) in [5.74, 6) is -0.333. The minimum absolute atomic E-state index is 0.00347. The Morgan fingerprint density at radius 2 is 2.00 bits per heavy atom. The molecule has 2 rings (SSSR count). The molecule has 0 saturated carbocycles. The highest BCUT2D eigenvalue weighted by Crippen LogP contribution is 2.24. The van der Waals surface area contributed by atoms with E-state index < -0.39 is 0 Å². The zero-order chi connectivity index (χ0) is 13.8. The molecule has 2 aromatic carbocycles. The van der Waals surface area contributed by atoms with Gasteiger partial charge in [0, 0.05) is 21.4 Å². The van der Waals surface area contributed by atoms with Gasteiger partial charge in [-0.1, -0.05) is 34.1 Å². The molecular formula is C15H12BrFOS. The van der Waals surface area contributed by atoms with Crippen molar-refractivity contribution in [3.05, 3.63) is 63.9 Å². The molecule has 0 unspecified atom stereocenters. The summed E-state index contributed by atoms with van der Waals surface area (Å²) in [6.07, 6.45) is 2.13. The molecule has 0 heterocycles. The lowest BCUT2D eigenvalue weighted by Gasteiger charge is -2.07. The van der Waals surface area contributed by atoms with Crippen molar-refractivity contribution in [1.29, 1.82) is 0 Å². The van der Waals surface area contributed by atoms with Crippen molar-refractivity contribution >= 4 is 33.5 Å². The van der Waals surface area contributed by atoms with Gasteiger partial charge in [-0.15, -0.1) is 11.8 Å². The minimum Gasteiger partial charge on any atom is -0.294 e. The number of rotatable bonds is 4. The van der Waals surface area contributed by atoms with E-state index in [1.54, 1.807) is 12.1 Å². The highest BCUT2D eigenvalue weighted by molar-refractivity contribution is 9.10. The van der Waals surface area contributed by atoms with Crippen LogP contribution in [0.15, 0.2) is 51.8 Å². The topological polar surface area (TPSA) is 17.1 Å². The summed E-state index contributed by atoms with van der Waals surface area (Å²) in [5.41, 5.74) is 1.35. The largest absolute Gasteiger partial charge is 0.294 e. The van der Waals surface area contributed by atoms with Crippen LogP contribution in [0, 0.1) is 5.82 Å². The first kappa shape index (κ1) is 14.3. The quantitative estimate of drug-likeness (QED) is 0.591. The molecule has 0 atom stereocenters. The van der Waals surface area contributed by atoms with Crippen molar-refractivity contribution in [3.8, 4) is 0 Å². The average Bonchev–Trinajstić information content (AvgIpc) is 2.42. The number of Topliss-reactive ketones (excluding diaryl/α,β-unsaturated/α-hetero) is 1. The number of thioether (sulfide) groups is 1. The molecule has 0 aliphatic heterocycles. The minimum atomic E-state index is -0.329. The highest BCUT2D eigenvalue weighted by atomic mass is 79.9. The Hall–Kier alpha value is -1.13. The van der Waals surface area contributed by atoms with Crippen molar-refractivity contribution in [1.82, 2.24) is 0 Å². The van der Waals surface area contributed by atoms with Crippen molar-refractivity contribution in [2.75, 3.05) is 6.26 Å². The standard InChI is InChI=1S/C15H12BrFOS/c1-19-15-5-3-2-4-12(15)14(18)9-10-8-11(17)6-7-13(10)16/h2-8H,9H2,1H3. The van der Waals surface area contributed by atoms with Crippen LogP contribution in [0.2, 0.25) is 0 Å². The molecule has 98 valence electrons. The first-order valence-corrected chi connectivity index (χ1v) is 7.73. The van der Waals surface area contributed by atoms with E-state index in [-0.39, 0.29) is 18.0 Å². The van der Waals surface area contributed by atoms with E-state index in [2.05, 4.69) is 15.9 Å². The Labute approximate surface area is 124 Å². The molecule has 2 aromatic rings. The van der Waals surface area contributed by atoms with Crippen LogP contribution in [0.25, 0.3) is 0 Å². The van der Waals surface area contributed by atoms with Gasteiger partial charge in [0.25, 0.3) is 0 Å². The summed E-state index contributed by atoms with van der Waals surface area (Å²) in [5, 5.41) is 0. The SMILES string of the molecule is CSc1ccccc1C(=O)Cc1cc(F)ccc1Br. The third-order valence-corrected chi connectivity index (χ3v) is 4.34. The van der Waals surface area contributed by atoms with Crippen molar-refractivity contribution in [3.63, 3.8) is 0 Å². The van der Waals surface area contributed by atoms with Crippen LogP contribution in [0.3, 0.4) is 0 Å². The van der Waals surface area contributed by atoms with Gasteiger partial charge in [0.15, 0.2) is 5.78 Å². The zero-order valence-corrected chi connectivity index (χ0v) is 12.7. The molecule has 0 bridgehead atoms. The lowest BCUT2D eigenvalue weighted by atomic mass is 10.0. The summed E-state index contributed by atoms with van der Waals surface area (Å²) in [6.45, 7) is 0. The molecule has 0 fully saturated rings. The van der Waals surface area contributed by atoms with E-state index in [0.717, 1.165) is 9.37 Å². The molecule has 19 heavy (non-hydrogen) atoms. The number of ketones is 1. The fourth-order valence-electron chi connectivity index (χ4n) is 1.82. The summed E-state index contributed by atoms with van der Waals surface area (Å²) in [4.78, 5) is 13.2. The van der Waals surface area contributed by atoms with Crippen LogP contribution < -0.4 is 0 Å². The maximum absolute atomic E-state index is 13.2. The fraction of sp³-hybridized carbons (Fsp3) is 0.133. The van der Waals surface area contributed by atoms with Gasteiger partial charge in [0.1, 0.15) is 5.82 Å². The van der Waals surface area contributed by atoms with Crippen LogP contribution >= 0.6 is 27.7 Å².